The number of alkyl halides is 3. The number of hydrogen-bond donors (Lipinski definition) is 4. The standard InChI is InChI=1S/C20H17Cl2F3N4O2S/c1-9(2)27-17(26)15-18(30)29-32-19(15)28-10-6-7-13(12(21)8-10)31-14-5-3-4-11(16(14)22)20(23,24)25/h3-9,28H,1-2H3,(H2,26,27)(H,29,30). The lowest BCUT2D eigenvalue weighted by Crippen LogP contribution is -2.30. The minimum atomic E-state index is -4.62. The van der Waals surface area contributed by atoms with Crippen molar-refractivity contribution in [3.63, 3.8) is 0 Å². The number of ether oxygens (including phenoxy) is 1. The highest BCUT2D eigenvalue weighted by molar-refractivity contribution is 7.11. The largest absolute Gasteiger partial charge is 0.492 e. The molecular weight excluding hydrogens is 488 g/mol. The van der Waals surface area contributed by atoms with Crippen LogP contribution in [0.2, 0.25) is 10.0 Å². The highest BCUT2D eigenvalue weighted by Crippen LogP contribution is 2.42. The first kappa shape index (κ1) is 24.0. The van der Waals surface area contributed by atoms with Gasteiger partial charge < -0.3 is 20.5 Å². The number of amidine groups is 1. The molecule has 4 N–H and O–H groups in total. The van der Waals surface area contributed by atoms with Crippen LogP contribution in [0.4, 0.5) is 23.9 Å². The van der Waals surface area contributed by atoms with Crippen molar-refractivity contribution in [3.05, 3.63) is 57.6 Å². The number of rotatable bonds is 6. The van der Waals surface area contributed by atoms with Gasteiger partial charge in [-0.05, 0) is 55.7 Å². The molecule has 1 aromatic heterocycles. The average Bonchev–Trinajstić information content (AvgIpc) is 3.04. The van der Waals surface area contributed by atoms with Crippen molar-refractivity contribution in [3.8, 4) is 17.4 Å². The van der Waals surface area contributed by atoms with Crippen molar-refractivity contribution in [2.45, 2.75) is 26.1 Å². The Morgan fingerprint density at radius 2 is 1.91 bits per heavy atom. The van der Waals surface area contributed by atoms with Gasteiger partial charge in [-0.3, -0.25) is 5.41 Å². The molecule has 0 fully saturated rings. The Labute approximate surface area is 195 Å². The summed E-state index contributed by atoms with van der Waals surface area (Å²) in [5.74, 6) is -0.383. The quantitative estimate of drug-likeness (QED) is 0.213. The van der Waals surface area contributed by atoms with Gasteiger partial charge in [0, 0.05) is 11.7 Å². The van der Waals surface area contributed by atoms with Gasteiger partial charge in [-0.1, -0.05) is 29.3 Å². The van der Waals surface area contributed by atoms with Crippen LogP contribution in [0.5, 0.6) is 17.4 Å². The molecule has 0 bridgehead atoms. The molecule has 12 heteroatoms. The van der Waals surface area contributed by atoms with Gasteiger partial charge in [0.1, 0.15) is 27.9 Å². The van der Waals surface area contributed by atoms with Crippen LogP contribution in [-0.4, -0.2) is 21.4 Å². The molecule has 0 aliphatic heterocycles. The molecule has 170 valence electrons. The van der Waals surface area contributed by atoms with E-state index in [9.17, 15) is 18.3 Å². The summed E-state index contributed by atoms with van der Waals surface area (Å²) in [6, 6.07) is 7.84. The molecule has 1 heterocycles. The first-order valence-corrected chi connectivity index (χ1v) is 10.6. The number of aromatic nitrogens is 1. The smallest absolute Gasteiger partial charge is 0.417 e. The van der Waals surface area contributed by atoms with Crippen LogP contribution in [0.25, 0.3) is 0 Å². The molecule has 6 nitrogen and oxygen atoms in total. The molecule has 3 aromatic rings. The first-order valence-electron chi connectivity index (χ1n) is 9.11. The van der Waals surface area contributed by atoms with Crippen LogP contribution < -0.4 is 15.4 Å². The highest BCUT2D eigenvalue weighted by atomic mass is 35.5. The molecule has 0 saturated carbocycles. The van der Waals surface area contributed by atoms with E-state index in [1.54, 1.807) is 6.07 Å². The number of halogens is 5. The summed E-state index contributed by atoms with van der Waals surface area (Å²) in [4.78, 5) is 0. The summed E-state index contributed by atoms with van der Waals surface area (Å²) in [7, 11) is 0. The minimum absolute atomic E-state index is 0.000936. The molecule has 2 aromatic carbocycles. The summed E-state index contributed by atoms with van der Waals surface area (Å²) in [5, 5.41) is 24.0. The molecule has 0 spiro atoms. The molecule has 0 radical (unpaired) electrons. The van der Waals surface area contributed by atoms with Crippen molar-refractivity contribution in [1.82, 2.24) is 9.69 Å². The molecular formula is C20H17Cl2F3N4O2S. The van der Waals surface area contributed by atoms with Gasteiger partial charge in [0.05, 0.1) is 15.6 Å². The van der Waals surface area contributed by atoms with E-state index in [1.165, 1.54) is 24.3 Å². The van der Waals surface area contributed by atoms with Crippen LogP contribution >= 0.6 is 34.7 Å². The zero-order chi connectivity index (χ0) is 23.6. The molecule has 3 rings (SSSR count). The molecule has 32 heavy (non-hydrogen) atoms. The maximum atomic E-state index is 13.1. The Hall–Kier alpha value is -2.69. The predicted molar refractivity (Wildman–Crippen MR) is 120 cm³/mol. The molecule has 0 amide bonds. The third-order valence-electron chi connectivity index (χ3n) is 4.04. The Morgan fingerprint density at radius 1 is 1.19 bits per heavy atom. The number of hydrogen-bond acceptors (Lipinski definition) is 6. The van der Waals surface area contributed by atoms with Crippen molar-refractivity contribution in [2.24, 2.45) is 0 Å². The first-order chi connectivity index (χ1) is 15.0. The second kappa shape index (κ2) is 9.43. The van der Waals surface area contributed by atoms with Crippen molar-refractivity contribution < 1.29 is 23.0 Å². The van der Waals surface area contributed by atoms with Gasteiger partial charge in [-0.25, -0.2) is 0 Å². The zero-order valence-corrected chi connectivity index (χ0v) is 19.0. The molecule has 0 atom stereocenters. The van der Waals surface area contributed by atoms with Crippen LogP contribution in [-0.2, 0) is 6.18 Å². The van der Waals surface area contributed by atoms with E-state index < -0.39 is 16.8 Å². The summed E-state index contributed by atoms with van der Waals surface area (Å²) < 4.78 is 48.5. The Bertz CT molecular complexity index is 1150. The predicted octanol–water partition coefficient (Wildman–Crippen LogP) is 7.03. The molecule has 0 unspecified atom stereocenters. The molecule has 0 aliphatic carbocycles. The van der Waals surface area contributed by atoms with E-state index in [-0.39, 0.29) is 39.8 Å². The van der Waals surface area contributed by atoms with Crippen LogP contribution in [0, 0.1) is 5.41 Å². The second-order valence-electron chi connectivity index (χ2n) is 6.87. The highest BCUT2D eigenvalue weighted by Gasteiger charge is 2.34. The summed E-state index contributed by atoms with van der Waals surface area (Å²) in [5.41, 5.74) is -0.323. The van der Waals surface area contributed by atoms with E-state index in [0.29, 0.717) is 10.7 Å². The lowest BCUT2D eigenvalue weighted by molar-refractivity contribution is -0.137. The van der Waals surface area contributed by atoms with Crippen molar-refractivity contribution in [1.29, 1.82) is 5.41 Å². The molecule has 0 aliphatic rings. The fourth-order valence-electron chi connectivity index (χ4n) is 2.67. The van der Waals surface area contributed by atoms with Gasteiger partial charge in [0.15, 0.2) is 0 Å². The van der Waals surface area contributed by atoms with Crippen molar-refractivity contribution >= 4 is 51.3 Å². The Balaban J connectivity index is 1.83. The summed E-state index contributed by atoms with van der Waals surface area (Å²) in [6.45, 7) is 3.71. The van der Waals surface area contributed by atoms with E-state index in [4.69, 9.17) is 33.3 Å². The zero-order valence-electron chi connectivity index (χ0n) is 16.6. The van der Waals surface area contributed by atoms with E-state index in [2.05, 4.69) is 15.0 Å². The van der Waals surface area contributed by atoms with Crippen molar-refractivity contribution in [2.75, 3.05) is 5.32 Å². The summed E-state index contributed by atoms with van der Waals surface area (Å²) >= 11 is 13.1. The number of benzene rings is 2. The van der Waals surface area contributed by atoms with E-state index >= 15 is 0 Å². The number of anilines is 2. The maximum Gasteiger partial charge on any atom is 0.417 e. The van der Waals surface area contributed by atoms with Gasteiger partial charge in [0.2, 0.25) is 5.88 Å². The lowest BCUT2D eigenvalue weighted by Gasteiger charge is -2.15. The van der Waals surface area contributed by atoms with E-state index in [0.717, 1.165) is 17.6 Å². The average molecular weight is 505 g/mol. The third-order valence-corrected chi connectivity index (χ3v) is 5.47. The van der Waals surface area contributed by atoms with Crippen LogP contribution in [0.1, 0.15) is 25.0 Å². The Kier molecular flexibility index (Phi) is 7.06. The maximum absolute atomic E-state index is 13.1. The number of nitrogens with zero attached hydrogens (tertiary/aromatic N) is 1. The SMILES string of the molecule is CC(C)NC(=N)c1c(O)nsc1Nc1ccc(Oc2cccc(C(F)(F)F)c2Cl)c(Cl)c1. The molecule has 0 saturated heterocycles. The topological polar surface area (TPSA) is 90.3 Å². The minimum Gasteiger partial charge on any atom is -0.492 e. The fraction of sp³-hybridized carbons (Fsp3) is 0.200. The van der Waals surface area contributed by atoms with Gasteiger partial charge >= 0.3 is 6.18 Å². The monoisotopic (exact) mass is 504 g/mol. The fourth-order valence-corrected chi connectivity index (χ4v) is 3.88. The number of aromatic hydroxyl groups is 1. The van der Waals surface area contributed by atoms with Gasteiger partial charge in [0.25, 0.3) is 0 Å². The van der Waals surface area contributed by atoms with Gasteiger partial charge in [-0.15, -0.1) is 0 Å². The second-order valence-corrected chi connectivity index (χ2v) is 8.43. The van der Waals surface area contributed by atoms with Crippen LogP contribution in [0.3, 0.4) is 0 Å². The number of nitrogens with one attached hydrogen (secondary N) is 3. The van der Waals surface area contributed by atoms with E-state index in [1.807, 2.05) is 13.8 Å². The summed E-state index contributed by atoms with van der Waals surface area (Å²) in [6.07, 6.45) is -4.62. The normalized spacial score (nSPS) is 11.5. The van der Waals surface area contributed by atoms with Crippen LogP contribution in [0.15, 0.2) is 36.4 Å². The van der Waals surface area contributed by atoms with Gasteiger partial charge in [-0.2, -0.15) is 17.5 Å². The lowest BCUT2D eigenvalue weighted by atomic mass is 10.2. The Morgan fingerprint density at radius 3 is 2.53 bits per heavy atom. The third kappa shape index (κ3) is 5.37.